The third-order valence-corrected chi connectivity index (χ3v) is 2.69. The van der Waals surface area contributed by atoms with Gasteiger partial charge in [-0.3, -0.25) is 4.84 Å². The summed E-state index contributed by atoms with van der Waals surface area (Å²) in [5.41, 5.74) is 1.97. The molecule has 0 fully saturated rings. The van der Waals surface area contributed by atoms with Crippen molar-refractivity contribution in [1.82, 2.24) is 4.57 Å². The molecule has 16 heavy (non-hydrogen) atoms. The number of benzene rings is 1. The largest absolute Gasteiger partial charge is 0.507 e. The van der Waals surface area contributed by atoms with Crippen molar-refractivity contribution in [2.45, 2.75) is 26.5 Å². The molecule has 2 rings (SSSR count). The van der Waals surface area contributed by atoms with Crippen LogP contribution in [0.1, 0.15) is 25.6 Å². The maximum absolute atomic E-state index is 9.77. The van der Waals surface area contributed by atoms with E-state index in [1.54, 1.807) is 6.07 Å². The van der Waals surface area contributed by atoms with Crippen molar-refractivity contribution >= 4 is 10.9 Å². The minimum atomic E-state index is 0.287. The first-order chi connectivity index (χ1) is 7.65. The molecule has 3 N–H and O–H groups in total. The molecule has 1 heterocycles. The standard InChI is InChI=1S/C12H16N2O2/c1-8(2)14-9(7-16-13)6-10-11(14)4-3-5-12(10)15/h3-6,8,15H,7,13H2,1-2H3. The van der Waals surface area contributed by atoms with E-state index < -0.39 is 0 Å². The summed E-state index contributed by atoms with van der Waals surface area (Å²) in [6, 6.07) is 7.71. The van der Waals surface area contributed by atoms with Crippen LogP contribution in [-0.2, 0) is 11.4 Å². The van der Waals surface area contributed by atoms with E-state index in [0.717, 1.165) is 16.6 Å². The molecule has 4 nitrogen and oxygen atoms in total. The van der Waals surface area contributed by atoms with Gasteiger partial charge in [0.25, 0.3) is 0 Å². The van der Waals surface area contributed by atoms with Gasteiger partial charge in [-0.1, -0.05) is 6.07 Å². The lowest BCUT2D eigenvalue weighted by Gasteiger charge is -2.13. The second-order valence-electron chi connectivity index (χ2n) is 4.12. The lowest BCUT2D eigenvalue weighted by molar-refractivity contribution is 0.118. The molecular formula is C12H16N2O2. The Kier molecular flexibility index (Phi) is 2.85. The minimum absolute atomic E-state index is 0.287. The first kappa shape index (κ1) is 11.0. The number of fused-ring (bicyclic) bond motifs is 1. The first-order valence-corrected chi connectivity index (χ1v) is 5.28. The highest BCUT2D eigenvalue weighted by atomic mass is 16.6. The van der Waals surface area contributed by atoms with E-state index in [-0.39, 0.29) is 5.75 Å². The molecule has 0 spiro atoms. The monoisotopic (exact) mass is 220 g/mol. The van der Waals surface area contributed by atoms with Crippen LogP contribution in [0.15, 0.2) is 24.3 Å². The number of nitrogens with zero attached hydrogens (tertiary/aromatic N) is 1. The van der Waals surface area contributed by atoms with E-state index in [1.165, 1.54) is 0 Å². The average Bonchev–Trinajstić information content (AvgIpc) is 2.58. The zero-order chi connectivity index (χ0) is 11.7. The SMILES string of the molecule is CC(C)n1c(CON)cc2c(O)cccc21. The third-order valence-electron chi connectivity index (χ3n) is 2.69. The topological polar surface area (TPSA) is 60.4 Å². The Balaban J connectivity index is 2.70. The Bertz CT molecular complexity index is 503. The number of phenolic OH excluding ortho intramolecular Hbond substituents is 1. The molecule has 0 radical (unpaired) electrons. The molecule has 0 aliphatic carbocycles. The molecule has 4 heteroatoms. The minimum Gasteiger partial charge on any atom is -0.507 e. The van der Waals surface area contributed by atoms with E-state index in [4.69, 9.17) is 5.90 Å². The molecule has 0 unspecified atom stereocenters. The number of hydrogen-bond donors (Lipinski definition) is 2. The molecule has 1 aromatic heterocycles. The number of aromatic hydroxyl groups is 1. The normalized spacial score (nSPS) is 11.5. The summed E-state index contributed by atoms with van der Waals surface area (Å²) in [5.74, 6) is 5.40. The highest BCUT2D eigenvalue weighted by molar-refractivity contribution is 5.87. The van der Waals surface area contributed by atoms with Gasteiger partial charge in [0.1, 0.15) is 12.4 Å². The van der Waals surface area contributed by atoms with Crippen LogP contribution in [0.3, 0.4) is 0 Å². The molecule has 2 aromatic rings. The Morgan fingerprint density at radius 2 is 2.19 bits per heavy atom. The van der Waals surface area contributed by atoms with Gasteiger partial charge in [-0.2, -0.15) is 0 Å². The van der Waals surface area contributed by atoms with Crippen molar-refractivity contribution in [2.24, 2.45) is 5.90 Å². The maximum atomic E-state index is 9.77. The zero-order valence-electron chi connectivity index (χ0n) is 9.47. The Hall–Kier alpha value is -1.52. The predicted octanol–water partition coefficient (Wildman–Crippen LogP) is 2.32. The van der Waals surface area contributed by atoms with Crippen LogP contribution in [-0.4, -0.2) is 9.67 Å². The number of phenols is 1. The number of nitrogens with two attached hydrogens (primary N) is 1. The summed E-state index contributed by atoms with van der Waals surface area (Å²) in [4.78, 5) is 4.69. The highest BCUT2D eigenvalue weighted by Gasteiger charge is 2.13. The van der Waals surface area contributed by atoms with Crippen LogP contribution in [0.25, 0.3) is 10.9 Å². The third kappa shape index (κ3) is 1.66. The van der Waals surface area contributed by atoms with Crippen molar-refractivity contribution in [3.05, 3.63) is 30.0 Å². The highest BCUT2D eigenvalue weighted by Crippen LogP contribution is 2.30. The molecule has 0 bridgehead atoms. The van der Waals surface area contributed by atoms with Crippen LogP contribution < -0.4 is 5.90 Å². The fourth-order valence-corrected chi connectivity index (χ4v) is 2.10. The molecular weight excluding hydrogens is 204 g/mol. The maximum Gasteiger partial charge on any atom is 0.124 e. The second kappa shape index (κ2) is 4.15. The zero-order valence-corrected chi connectivity index (χ0v) is 9.47. The average molecular weight is 220 g/mol. The molecule has 0 aliphatic rings. The number of rotatable bonds is 3. The first-order valence-electron chi connectivity index (χ1n) is 5.28. The van der Waals surface area contributed by atoms with Crippen LogP contribution in [0.5, 0.6) is 5.75 Å². The van der Waals surface area contributed by atoms with E-state index in [0.29, 0.717) is 12.6 Å². The van der Waals surface area contributed by atoms with Crippen LogP contribution in [0.4, 0.5) is 0 Å². The van der Waals surface area contributed by atoms with Gasteiger partial charge in [-0.05, 0) is 32.0 Å². The lowest BCUT2D eigenvalue weighted by atomic mass is 10.2. The molecule has 0 saturated heterocycles. The smallest absolute Gasteiger partial charge is 0.124 e. The molecule has 0 saturated carbocycles. The summed E-state index contributed by atoms with van der Waals surface area (Å²) >= 11 is 0. The Morgan fingerprint density at radius 3 is 2.81 bits per heavy atom. The molecule has 0 aliphatic heterocycles. The van der Waals surface area contributed by atoms with Gasteiger partial charge in [0.05, 0.1) is 5.52 Å². The Morgan fingerprint density at radius 1 is 1.44 bits per heavy atom. The van der Waals surface area contributed by atoms with Gasteiger partial charge in [-0.15, -0.1) is 0 Å². The lowest BCUT2D eigenvalue weighted by Crippen LogP contribution is -2.08. The number of hydrogen-bond acceptors (Lipinski definition) is 3. The van der Waals surface area contributed by atoms with E-state index in [2.05, 4.69) is 23.3 Å². The molecule has 0 atom stereocenters. The van der Waals surface area contributed by atoms with Crippen molar-refractivity contribution < 1.29 is 9.94 Å². The number of aromatic nitrogens is 1. The van der Waals surface area contributed by atoms with Crippen molar-refractivity contribution in [3.63, 3.8) is 0 Å². The van der Waals surface area contributed by atoms with Crippen molar-refractivity contribution in [1.29, 1.82) is 0 Å². The van der Waals surface area contributed by atoms with Crippen molar-refractivity contribution in [2.75, 3.05) is 0 Å². The second-order valence-corrected chi connectivity index (χ2v) is 4.12. The van der Waals surface area contributed by atoms with E-state index in [1.807, 2.05) is 18.2 Å². The quantitative estimate of drug-likeness (QED) is 0.780. The summed E-state index contributed by atoms with van der Waals surface area (Å²) in [6.45, 7) is 4.51. The van der Waals surface area contributed by atoms with E-state index in [9.17, 15) is 5.11 Å². The fraction of sp³-hybridized carbons (Fsp3) is 0.333. The predicted molar refractivity (Wildman–Crippen MR) is 63.0 cm³/mol. The summed E-state index contributed by atoms with van der Waals surface area (Å²) in [6.07, 6.45) is 0. The van der Waals surface area contributed by atoms with Crippen LogP contribution >= 0.6 is 0 Å². The van der Waals surface area contributed by atoms with Gasteiger partial charge >= 0.3 is 0 Å². The molecule has 86 valence electrons. The van der Waals surface area contributed by atoms with Crippen LogP contribution in [0.2, 0.25) is 0 Å². The van der Waals surface area contributed by atoms with Crippen molar-refractivity contribution in [3.8, 4) is 5.75 Å². The summed E-state index contributed by atoms with van der Waals surface area (Å²) < 4.78 is 2.11. The van der Waals surface area contributed by atoms with E-state index >= 15 is 0 Å². The molecule has 1 aromatic carbocycles. The van der Waals surface area contributed by atoms with Crippen LogP contribution in [0, 0.1) is 0 Å². The molecule has 0 amide bonds. The van der Waals surface area contributed by atoms with Gasteiger partial charge in [-0.25, -0.2) is 5.90 Å². The Labute approximate surface area is 94.2 Å². The van der Waals surface area contributed by atoms with Gasteiger partial charge < -0.3 is 9.67 Å². The van der Waals surface area contributed by atoms with Gasteiger partial charge in [0, 0.05) is 17.1 Å². The fourth-order valence-electron chi connectivity index (χ4n) is 2.10. The van der Waals surface area contributed by atoms with Gasteiger partial charge in [0.2, 0.25) is 0 Å². The van der Waals surface area contributed by atoms with Gasteiger partial charge in [0.15, 0.2) is 0 Å². The summed E-state index contributed by atoms with van der Waals surface area (Å²) in [7, 11) is 0. The summed E-state index contributed by atoms with van der Waals surface area (Å²) in [5, 5.41) is 10.6.